The third-order valence-electron chi connectivity index (χ3n) is 3.52. The van der Waals surface area contributed by atoms with Crippen LogP contribution in [0.15, 0.2) is 30.3 Å². The van der Waals surface area contributed by atoms with Crippen LogP contribution in [-0.2, 0) is 5.92 Å². The average molecular weight is 339 g/mol. The van der Waals surface area contributed by atoms with Gasteiger partial charge in [-0.25, -0.2) is 14.1 Å². The van der Waals surface area contributed by atoms with Gasteiger partial charge in [0.15, 0.2) is 12.1 Å². The Morgan fingerprint density at radius 3 is 2.29 bits per heavy atom. The molecule has 1 atom stereocenters. The fraction of sp³-hybridized carbons (Fsp3) is 0.471. The van der Waals surface area contributed by atoms with E-state index in [0.717, 1.165) is 23.1 Å². The number of benzene rings is 1. The summed E-state index contributed by atoms with van der Waals surface area (Å²) in [6.45, 7) is 4.00. The Bertz CT molecular complexity index is 669. The highest BCUT2D eigenvalue weighted by atomic mass is 19.3. The Balaban J connectivity index is 0.000000298. The molecule has 2 heterocycles. The van der Waals surface area contributed by atoms with Gasteiger partial charge in [-0.05, 0) is 18.4 Å². The minimum atomic E-state index is -3.05. The van der Waals surface area contributed by atoms with E-state index >= 15 is 0 Å². The van der Waals surface area contributed by atoms with Crippen LogP contribution in [0.25, 0.3) is 0 Å². The van der Waals surface area contributed by atoms with Gasteiger partial charge >= 0.3 is 5.92 Å². The fourth-order valence-corrected chi connectivity index (χ4v) is 2.27. The van der Waals surface area contributed by atoms with Crippen LogP contribution in [0, 0.1) is 0 Å². The highest BCUT2D eigenvalue weighted by Gasteiger charge is 2.48. The van der Waals surface area contributed by atoms with Crippen molar-refractivity contribution in [3.63, 3.8) is 0 Å². The smallest absolute Gasteiger partial charge is 0.294 e. The van der Waals surface area contributed by atoms with Crippen molar-refractivity contribution in [1.29, 1.82) is 0 Å². The molecule has 4 rings (SSSR count). The molecule has 1 aliphatic heterocycles. The van der Waals surface area contributed by atoms with Crippen LogP contribution < -0.4 is 0 Å². The predicted octanol–water partition coefficient (Wildman–Crippen LogP) is 4.32. The van der Waals surface area contributed by atoms with Gasteiger partial charge in [-0.3, -0.25) is 4.79 Å². The first-order chi connectivity index (χ1) is 11.5. The first-order valence-corrected chi connectivity index (χ1v) is 8.00. The molecular formula is C17H20F3N3O. The van der Waals surface area contributed by atoms with Crippen LogP contribution >= 0.6 is 0 Å². The number of halogens is 3. The van der Waals surface area contributed by atoms with Crippen LogP contribution in [0.3, 0.4) is 0 Å². The van der Waals surface area contributed by atoms with Crippen molar-refractivity contribution in [3.8, 4) is 0 Å². The van der Waals surface area contributed by atoms with Crippen LogP contribution in [0.4, 0.5) is 13.2 Å². The molecule has 130 valence electrons. The monoisotopic (exact) mass is 339 g/mol. The van der Waals surface area contributed by atoms with Crippen LogP contribution in [0.2, 0.25) is 0 Å². The molecule has 2 aliphatic rings. The molecule has 1 saturated carbocycles. The highest BCUT2D eigenvalue weighted by Crippen LogP contribution is 2.44. The van der Waals surface area contributed by atoms with E-state index in [1.54, 1.807) is 24.3 Å². The lowest BCUT2D eigenvalue weighted by Gasteiger charge is -2.11. The number of aromatic nitrogens is 3. The van der Waals surface area contributed by atoms with Crippen LogP contribution in [0.1, 0.15) is 61.2 Å². The molecule has 2 aromatic rings. The summed E-state index contributed by atoms with van der Waals surface area (Å²) in [5.74, 6) is -3.68. The van der Waals surface area contributed by atoms with Crippen molar-refractivity contribution in [2.45, 2.75) is 51.2 Å². The van der Waals surface area contributed by atoms with Crippen molar-refractivity contribution in [2.24, 2.45) is 0 Å². The summed E-state index contributed by atoms with van der Waals surface area (Å²) in [4.78, 5) is 14.2. The van der Waals surface area contributed by atoms with Gasteiger partial charge in [0.1, 0.15) is 6.17 Å². The lowest BCUT2D eigenvalue weighted by atomic mass is 10.0. The Morgan fingerprint density at radius 2 is 1.79 bits per heavy atom. The van der Waals surface area contributed by atoms with E-state index in [9.17, 15) is 18.0 Å². The summed E-state index contributed by atoms with van der Waals surface area (Å²) < 4.78 is 39.8. The Hall–Kier alpha value is -2.18. The number of alkyl halides is 3. The van der Waals surface area contributed by atoms with E-state index < -0.39 is 24.0 Å². The third-order valence-corrected chi connectivity index (χ3v) is 3.52. The zero-order chi connectivity index (χ0) is 17.7. The maximum absolute atomic E-state index is 13.8. The van der Waals surface area contributed by atoms with Crippen LogP contribution in [-0.4, -0.2) is 27.2 Å². The summed E-state index contributed by atoms with van der Waals surface area (Å²) in [7, 11) is 0. The lowest BCUT2D eigenvalue weighted by molar-refractivity contribution is -0.00881. The summed E-state index contributed by atoms with van der Waals surface area (Å²) in [6, 6.07) is 8.33. The molecule has 0 bridgehead atoms. The number of nitrogens with zero attached hydrogens (tertiary/aromatic N) is 3. The van der Waals surface area contributed by atoms with Gasteiger partial charge in [-0.15, -0.1) is 5.10 Å². The second-order valence-electron chi connectivity index (χ2n) is 5.37. The number of hydrogen-bond donors (Lipinski definition) is 0. The Kier molecular flexibility index (Phi) is 5.75. The maximum Gasteiger partial charge on any atom is 0.308 e. The summed E-state index contributed by atoms with van der Waals surface area (Å²) in [6.07, 6.45) is 1.23. The zero-order valence-electron chi connectivity index (χ0n) is 13.6. The van der Waals surface area contributed by atoms with E-state index in [1.165, 1.54) is 0 Å². The van der Waals surface area contributed by atoms with Crippen molar-refractivity contribution >= 4 is 6.29 Å². The molecule has 0 radical (unpaired) electrons. The van der Waals surface area contributed by atoms with E-state index in [2.05, 4.69) is 10.1 Å². The first-order valence-electron chi connectivity index (χ1n) is 8.00. The highest BCUT2D eigenvalue weighted by molar-refractivity contribution is 5.68. The minimum absolute atomic E-state index is 0.203. The fourth-order valence-electron chi connectivity index (χ4n) is 2.27. The molecule has 4 nitrogen and oxygen atoms in total. The molecular weight excluding hydrogens is 319 g/mol. The maximum atomic E-state index is 13.8. The number of hydrogen-bond acceptors (Lipinski definition) is 3. The molecule has 7 heteroatoms. The van der Waals surface area contributed by atoms with Crippen molar-refractivity contribution in [2.75, 3.05) is 0 Å². The number of rotatable bonds is 2. The molecule has 1 aromatic carbocycles. The SMILES string of the molecule is CC.FC1CC1.O=Cc1nc2n(n1)C(c1ccccc1)CC2(F)F. The number of fused-ring (bicyclic) bond motifs is 1. The van der Waals surface area contributed by atoms with Crippen molar-refractivity contribution in [3.05, 3.63) is 47.5 Å². The summed E-state index contributed by atoms with van der Waals surface area (Å²) in [5, 5.41) is 3.82. The van der Waals surface area contributed by atoms with Gasteiger partial charge in [-0.2, -0.15) is 8.78 Å². The Morgan fingerprint density at radius 1 is 1.21 bits per heavy atom. The Labute approximate surface area is 138 Å². The molecule has 1 aromatic heterocycles. The van der Waals surface area contributed by atoms with Gasteiger partial charge in [0.05, 0.1) is 6.04 Å². The molecule has 1 unspecified atom stereocenters. The van der Waals surface area contributed by atoms with Crippen molar-refractivity contribution < 1.29 is 18.0 Å². The van der Waals surface area contributed by atoms with Crippen molar-refractivity contribution in [1.82, 2.24) is 14.8 Å². The van der Waals surface area contributed by atoms with Gasteiger partial charge < -0.3 is 0 Å². The third kappa shape index (κ3) is 4.01. The van der Waals surface area contributed by atoms with Crippen LogP contribution in [0.5, 0.6) is 0 Å². The number of carbonyl (C=O) groups is 1. The van der Waals surface area contributed by atoms with Gasteiger partial charge in [0.2, 0.25) is 5.82 Å². The molecule has 0 N–H and O–H groups in total. The number of carbonyl (C=O) groups excluding carboxylic acids is 1. The van der Waals surface area contributed by atoms with E-state index in [-0.39, 0.29) is 12.2 Å². The topological polar surface area (TPSA) is 47.8 Å². The van der Waals surface area contributed by atoms with Gasteiger partial charge in [0.25, 0.3) is 0 Å². The van der Waals surface area contributed by atoms with E-state index in [4.69, 9.17) is 0 Å². The lowest BCUT2D eigenvalue weighted by Crippen LogP contribution is -2.10. The molecule has 0 amide bonds. The standard InChI is InChI=1S/C12H9F2N3O.C3H5F.C2H6/c13-12(14)6-9(8-4-2-1-3-5-8)17-11(12)15-10(7-18)16-17;4-3-1-2-3;1-2/h1-5,7,9H,6H2;3H,1-2H2;1-2H3. The van der Waals surface area contributed by atoms with E-state index in [1.807, 2.05) is 19.9 Å². The first kappa shape index (κ1) is 18.2. The summed E-state index contributed by atoms with van der Waals surface area (Å²) >= 11 is 0. The quantitative estimate of drug-likeness (QED) is 0.766. The zero-order valence-corrected chi connectivity index (χ0v) is 13.6. The molecule has 1 fully saturated rings. The number of aldehydes is 1. The second-order valence-corrected chi connectivity index (χ2v) is 5.37. The molecule has 24 heavy (non-hydrogen) atoms. The van der Waals surface area contributed by atoms with Gasteiger partial charge in [-0.1, -0.05) is 44.2 Å². The summed E-state index contributed by atoms with van der Waals surface area (Å²) in [5.41, 5.74) is 0.735. The molecule has 0 saturated heterocycles. The largest absolute Gasteiger partial charge is 0.308 e. The molecule has 1 aliphatic carbocycles. The minimum Gasteiger partial charge on any atom is -0.294 e. The van der Waals surface area contributed by atoms with Gasteiger partial charge in [0, 0.05) is 6.42 Å². The van der Waals surface area contributed by atoms with E-state index in [0.29, 0.717) is 6.29 Å². The second kappa shape index (κ2) is 7.59. The normalized spacial score (nSPS) is 20.1. The predicted molar refractivity (Wildman–Crippen MR) is 84.0 cm³/mol. The average Bonchev–Trinajstić information content (AvgIpc) is 3.18. The molecule has 0 spiro atoms.